The Bertz CT molecular complexity index is 13.5. The third-order valence-corrected chi connectivity index (χ3v) is 0. The molecule has 0 atom stereocenters. The van der Waals surface area contributed by atoms with Crippen LogP contribution in [0.15, 0.2) is 0 Å². The molecule has 0 aromatic rings. The molecule has 0 radical (unpaired) electrons. The van der Waals surface area contributed by atoms with Gasteiger partial charge in [-0.2, -0.15) is 0 Å². The average Bonchev–Trinajstić information content (AvgIpc) is 1.41. The molecule has 0 fully saturated rings. The van der Waals surface area contributed by atoms with Crippen molar-refractivity contribution in [1.82, 2.24) is 0 Å². The van der Waals surface area contributed by atoms with Gasteiger partial charge in [0.15, 0.2) is 0 Å². The van der Waals surface area contributed by atoms with Crippen molar-refractivity contribution in [3.05, 3.63) is 0 Å². The van der Waals surface area contributed by atoms with Crippen LogP contribution in [-0.4, -0.2) is 6.73 Å². The van der Waals surface area contributed by atoms with Gasteiger partial charge in [0.25, 0.3) is 0 Å². The summed E-state index contributed by atoms with van der Waals surface area (Å²) in [4.78, 5) is 0. The maximum absolute atomic E-state index is 4.94. The van der Waals surface area contributed by atoms with Crippen molar-refractivity contribution >= 4 is 40.0 Å². The van der Waals surface area contributed by atoms with Crippen molar-refractivity contribution in [1.29, 1.82) is 0 Å². The van der Waals surface area contributed by atoms with E-state index < -0.39 is 6.73 Å². The predicted molar refractivity (Wildman–Crippen MR) is 36.1 cm³/mol. The predicted octanol–water partition coefficient (Wildman–Crippen LogP) is 2.45. The normalized spacial score (nSPS) is 7.00. The Kier molecular flexibility index (Phi) is 15.9. The first-order valence-electron chi connectivity index (χ1n) is 1.65. The fourth-order valence-electron chi connectivity index (χ4n) is 0. The lowest BCUT2D eigenvalue weighted by Gasteiger charge is -1.65. The lowest BCUT2D eigenvalue weighted by atomic mass is 11.0. The van der Waals surface area contributed by atoms with Gasteiger partial charge in [-0.1, -0.05) is 13.8 Å². The summed E-state index contributed by atoms with van der Waals surface area (Å²) in [6.45, 7) is 2.28. The molecule has 4 heteroatoms. The van der Waals surface area contributed by atoms with Gasteiger partial charge in [-0.25, -0.2) is 0 Å². The van der Waals surface area contributed by atoms with E-state index in [-0.39, 0.29) is 0 Å². The van der Waals surface area contributed by atoms with Gasteiger partial charge in [0, 0.05) is 0 Å². The van der Waals surface area contributed by atoms with Gasteiger partial charge < -0.3 is 0 Å². The van der Waals surface area contributed by atoms with Crippen LogP contribution in [0, 0.1) is 0 Å². The molecule has 0 aliphatic rings. The van der Waals surface area contributed by atoms with Crippen LogP contribution in [0.25, 0.3) is 0 Å². The fourth-order valence-corrected chi connectivity index (χ4v) is 0. The Labute approximate surface area is 54.1 Å². The Morgan fingerprint density at radius 2 is 1.00 bits per heavy atom. The largest absolute Gasteiger partial charge is 0.326 e. The molecule has 0 spiro atoms. The standard InChI is InChI=1S/C2H6.Cl3HSi/c1-2;1-4(2)3/h1-2H3;4H. The maximum Gasteiger partial charge on any atom is 0.326 e. The second kappa shape index (κ2) is 9.43. The molecule has 0 saturated heterocycles. The van der Waals surface area contributed by atoms with Gasteiger partial charge in [-0.3, -0.25) is 0 Å². The minimum atomic E-state index is -1.72. The summed E-state index contributed by atoms with van der Waals surface area (Å²) >= 11 is 14.8. The summed E-state index contributed by atoms with van der Waals surface area (Å²) in [7, 11) is 0. The molecule has 0 aliphatic heterocycles. The summed E-state index contributed by atoms with van der Waals surface area (Å²) in [5.74, 6) is 0. The molecule has 0 amide bonds. The third-order valence-electron chi connectivity index (χ3n) is 0. The van der Waals surface area contributed by atoms with Crippen molar-refractivity contribution in [3.8, 4) is 0 Å². The van der Waals surface area contributed by atoms with Crippen molar-refractivity contribution in [2.75, 3.05) is 0 Å². The molecule has 0 rings (SSSR count). The zero-order valence-corrected chi connectivity index (χ0v) is 7.13. The molecular weight excluding hydrogens is 158 g/mol. The van der Waals surface area contributed by atoms with Crippen LogP contribution in [0.4, 0.5) is 0 Å². The highest BCUT2D eigenvalue weighted by Gasteiger charge is 1.85. The molecule has 0 aromatic heterocycles. The van der Waals surface area contributed by atoms with Crippen LogP contribution >= 0.6 is 33.2 Å². The summed E-state index contributed by atoms with van der Waals surface area (Å²) in [6, 6.07) is 0. The minimum Gasteiger partial charge on any atom is -0.130 e. The molecule has 6 heavy (non-hydrogen) atoms. The first-order chi connectivity index (χ1) is 2.73. The fraction of sp³-hybridized carbons (Fsp3) is 1.00. The van der Waals surface area contributed by atoms with E-state index >= 15 is 0 Å². The Balaban J connectivity index is 0. The van der Waals surface area contributed by atoms with Gasteiger partial charge in [0.1, 0.15) is 0 Å². The molecule has 0 bridgehead atoms. The number of hydrogen-bond donors (Lipinski definition) is 0. The van der Waals surface area contributed by atoms with Crippen molar-refractivity contribution in [2.24, 2.45) is 0 Å². The summed E-state index contributed by atoms with van der Waals surface area (Å²) in [6.07, 6.45) is 0. The van der Waals surface area contributed by atoms with E-state index in [4.69, 9.17) is 33.2 Å². The SMILES string of the molecule is CC.Cl[SiH](Cl)Cl. The van der Waals surface area contributed by atoms with Crippen LogP contribution in [0.2, 0.25) is 0 Å². The Hall–Kier alpha value is 1.09. The van der Waals surface area contributed by atoms with Gasteiger partial charge in [-0.05, 0) is 0 Å². The first kappa shape index (κ1) is 10.1. The first-order valence-corrected chi connectivity index (χ1v) is 6.89. The van der Waals surface area contributed by atoms with Crippen molar-refractivity contribution in [3.63, 3.8) is 0 Å². The summed E-state index contributed by atoms with van der Waals surface area (Å²) in [5, 5.41) is 0. The minimum absolute atomic E-state index is 1.72. The molecule has 40 valence electrons. The molecule has 0 aliphatic carbocycles. The van der Waals surface area contributed by atoms with E-state index in [1.807, 2.05) is 13.8 Å². The molecular formula is C2H7Cl3Si. The van der Waals surface area contributed by atoms with E-state index in [1.165, 1.54) is 0 Å². The van der Waals surface area contributed by atoms with Gasteiger partial charge >= 0.3 is 6.73 Å². The second-order valence-electron chi connectivity index (χ2n) is 0.247. The van der Waals surface area contributed by atoms with Crippen LogP contribution in [-0.2, 0) is 0 Å². The van der Waals surface area contributed by atoms with Crippen LogP contribution in [0.3, 0.4) is 0 Å². The van der Waals surface area contributed by atoms with Gasteiger partial charge in [-0.15, -0.1) is 33.2 Å². The topological polar surface area (TPSA) is 0 Å². The van der Waals surface area contributed by atoms with E-state index in [2.05, 4.69) is 0 Å². The van der Waals surface area contributed by atoms with Crippen LogP contribution in [0.5, 0.6) is 0 Å². The highest BCUT2D eigenvalue weighted by atomic mass is 35.8. The second-order valence-corrected chi connectivity index (χ2v) is 6.68. The number of halogens is 3. The van der Waals surface area contributed by atoms with Crippen molar-refractivity contribution in [2.45, 2.75) is 13.8 Å². The van der Waals surface area contributed by atoms with Gasteiger partial charge in [0.05, 0.1) is 0 Å². The van der Waals surface area contributed by atoms with E-state index in [0.717, 1.165) is 0 Å². The third kappa shape index (κ3) is 71.9. The average molecular weight is 166 g/mol. The number of hydrogen-bond acceptors (Lipinski definition) is 0. The highest BCUT2D eigenvalue weighted by Crippen LogP contribution is 1.97. The number of rotatable bonds is 0. The summed E-state index contributed by atoms with van der Waals surface area (Å²) in [5.41, 5.74) is 0. The molecule has 0 unspecified atom stereocenters. The molecule has 0 nitrogen and oxygen atoms in total. The van der Waals surface area contributed by atoms with Crippen LogP contribution < -0.4 is 0 Å². The van der Waals surface area contributed by atoms with E-state index in [0.29, 0.717) is 0 Å². The lowest BCUT2D eigenvalue weighted by Crippen LogP contribution is -1.66. The lowest BCUT2D eigenvalue weighted by molar-refractivity contribution is 1.50. The van der Waals surface area contributed by atoms with Crippen LogP contribution in [0.1, 0.15) is 13.8 Å². The Morgan fingerprint density at radius 1 is 1.00 bits per heavy atom. The van der Waals surface area contributed by atoms with E-state index in [1.54, 1.807) is 0 Å². The molecule has 0 saturated carbocycles. The Morgan fingerprint density at radius 3 is 1.00 bits per heavy atom. The zero-order chi connectivity index (χ0) is 5.58. The molecule has 0 aromatic carbocycles. The smallest absolute Gasteiger partial charge is 0.130 e. The molecule has 0 N–H and O–H groups in total. The highest BCUT2D eigenvalue weighted by molar-refractivity contribution is 7.54. The molecule has 0 heterocycles. The van der Waals surface area contributed by atoms with Gasteiger partial charge in [0.2, 0.25) is 0 Å². The summed E-state index contributed by atoms with van der Waals surface area (Å²) < 4.78 is 0. The van der Waals surface area contributed by atoms with E-state index in [9.17, 15) is 0 Å². The van der Waals surface area contributed by atoms with Crippen molar-refractivity contribution < 1.29 is 0 Å². The zero-order valence-electron chi connectivity index (χ0n) is 3.71. The maximum atomic E-state index is 4.94. The monoisotopic (exact) mass is 164 g/mol. The quantitative estimate of drug-likeness (QED) is 0.382.